The van der Waals surface area contributed by atoms with Gasteiger partial charge in [-0.2, -0.15) is 0 Å². The van der Waals surface area contributed by atoms with E-state index in [9.17, 15) is 4.57 Å². The SMILES string of the molecule is C=C(COCc1ccccc1)P(=O)(OC)c1ccccc1. The zero-order chi connectivity index (χ0) is 15.1. The maximum absolute atomic E-state index is 12.9. The molecule has 0 amide bonds. The Bertz CT molecular complexity index is 623. The van der Waals surface area contributed by atoms with Crippen LogP contribution in [0, 0.1) is 0 Å². The smallest absolute Gasteiger partial charge is 0.258 e. The van der Waals surface area contributed by atoms with Gasteiger partial charge in [-0.1, -0.05) is 55.1 Å². The van der Waals surface area contributed by atoms with Gasteiger partial charge < -0.3 is 9.26 Å². The monoisotopic (exact) mass is 302 g/mol. The van der Waals surface area contributed by atoms with Crippen molar-refractivity contribution in [3.63, 3.8) is 0 Å². The van der Waals surface area contributed by atoms with Crippen LogP contribution in [-0.2, 0) is 20.4 Å². The molecule has 0 aliphatic rings. The summed E-state index contributed by atoms with van der Waals surface area (Å²) in [5.41, 5.74) is 1.07. The Kier molecular flexibility index (Phi) is 5.51. The maximum Gasteiger partial charge on any atom is 0.258 e. The summed E-state index contributed by atoms with van der Waals surface area (Å²) in [6.45, 7) is 4.55. The molecule has 0 fully saturated rings. The Hall–Kier alpha value is -1.67. The van der Waals surface area contributed by atoms with Crippen molar-refractivity contribution in [2.75, 3.05) is 13.7 Å². The number of ether oxygens (including phenoxy) is 1. The van der Waals surface area contributed by atoms with Gasteiger partial charge in [-0.15, -0.1) is 0 Å². The molecular formula is C17H19O3P. The molecular weight excluding hydrogens is 283 g/mol. The van der Waals surface area contributed by atoms with Crippen LogP contribution in [-0.4, -0.2) is 13.7 Å². The van der Waals surface area contributed by atoms with Gasteiger partial charge in [0.15, 0.2) is 0 Å². The highest BCUT2D eigenvalue weighted by molar-refractivity contribution is 7.71. The second-order valence-corrected chi connectivity index (χ2v) is 7.23. The molecule has 2 rings (SSSR count). The van der Waals surface area contributed by atoms with Gasteiger partial charge >= 0.3 is 0 Å². The molecule has 0 saturated carbocycles. The van der Waals surface area contributed by atoms with Crippen LogP contribution < -0.4 is 5.30 Å². The third-order valence-corrected chi connectivity index (χ3v) is 5.60. The highest BCUT2D eigenvalue weighted by Crippen LogP contribution is 2.52. The van der Waals surface area contributed by atoms with Crippen LogP contribution in [0.15, 0.2) is 72.6 Å². The zero-order valence-corrected chi connectivity index (χ0v) is 13.0. The molecule has 1 atom stereocenters. The third kappa shape index (κ3) is 3.92. The Morgan fingerprint density at radius 2 is 1.62 bits per heavy atom. The molecule has 3 nitrogen and oxygen atoms in total. The largest absolute Gasteiger partial charge is 0.372 e. The summed E-state index contributed by atoms with van der Waals surface area (Å²) in [6, 6.07) is 18.9. The first kappa shape index (κ1) is 15.7. The van der Waals surface area contributed by atoms with Gasteiger partial charge in [-0.3, -0.25) is 4.57 Å². The molecule has 0 radical (unpaired) electrons. The predicted molar refractivity (Wildman–Crippen MR) is 85.9 cm³/mol. The topological polar surface area (TPSA) is 35.5 Å². The van der Waals surface area contributed by atoms with E-state index in [1.807, 2.05) is 48.5 Å². The second kappa shape index (κ2) is 7.37. The van der Waals surface area contributed by atoms with Gasteiger partial charge in [-0.25, -0.2) is 0 Å². The van der Waals surface area contributed by atoms with Crippen molar-refractivity contribution in [2.45, 2.75) is 6.61 Å². The highest BCUT2D eigenvalue weighted by atomic mass is 31.2. The fourth-order valence-corrected chi connectivity index (χ4v) is 3.65. The summed E-state index contributed by atoms with van der Waals surface area (Å²) >= 11 is 0. The summed E-state index contributed by atoms with van der Waals surface area (Å²) in [6.07, 6.45) is 0. The third-order valence-electron chi connectivity index (χ3n) is 3.15. The van der Waals surface area contributed by atoms with E-state index >= 15 is 0 Å². The van der Waals surface area contributed by atoms with Crippen molar-refractivity contribution in [1.29, 1.82) is 0 Å². The van der Waals surface area contributed by atoms with Crippen molar-refractivity contribution >= 4 is 12.7 Å². The molecule has 0 N–H and O–H groups in total. The molecule has 0 heterocycles. The van der Waals surface area contributed by atoms with Crippen LogP contribution in [0.2, 0.25) is 0 Å². The molecule has 0 bridgehead atoms. The fraction of sp³-hybridized carbons (Fsp3) is 0.176. The van der Waals surface area contributed by atoms with Crippen LogP contribution in [0.4, 0.5) is 0 Å². The standard InChI is InChI=1S/C17H19O3P/c1-15(13-20-14-16-9-5-3-6-10-16)21(18,19-2)17-11-7-4-8-12-17/h3-12H,1,13-14H2,2H3. The predicted octanol–water partition coefficient (Wildman–Crippen LogP) is 3.97. The number of benzene rings is 2. The average Bonchev–Trinajstić information content (AvgIpc) is 2.55. The first-order chi connectivity index (χ1) is 10.2. The van der Waals surface area contributed by atoms with E-state index in [0.717, 1.165) is 5.56 Å². The molecule has 0 spiro atoms. The average molecular weight is 302 g/mol. The minimum Gasteiger partial charge on any atom is -0.372 e. The maximum atomic E-state index is 12.9. The first-order valence-corrected chi connectivity index (χ1v) is 8.30. The van der Waals surface area contributed by atoms with Crippen molar-refractivity contribution in [1.82, 2.24) is 0 Å². The van der Waals surface area contributed by atoms with Gasteiger partial charge in [-0.05, 0) is 17.7 Å². The van der Waals surface area contributed by atoms with Crippen LogP contribution in [0.3, 0.4) is 0 Å². The Labute approximate surface area is 125 Å². The molecule has 0 aromatic heterocycles. The van der Waals surface area contributed by atoms with Crippen LogP contribution >= 0.6 is 7.37 Å². The molecule has 0 aliphatic heterocycles. The van der Waals surface area contributed by atoms with E-state index in [4.69, 9.17) is 9.26 Å². The normalized spacial score (nSPS) is 13.6. The highest BCUT2D eigenvalue weighted by Gasteiger charge is 2.28. The van der Waals surface area contributed by atoms with Gasteiger partial charge in [0.1, 0.15) is 0 Å². The lowest BCUT2D eigenvalue weighted by molar-refractivity contribution is 0.145. The molecule has 1 unspecified atom stereocenters. The van der Waals surface area contributed by atoms with Crippen molar-refractivity contribution in [2.24, 2.45) is 0 Å². The number of hydrogen-bond acceptors (Lipinski definition) is 3. The summed E-state index contributed by atoms with van der Waals surface area (Å²) < 4.78 is 23.8. The van der Waals surface area contributed by atoms with Crippen molar-refractivity contribution in [3.05, 3.63) is 78.1 Å². The summed E-state index contributed by atoms with van der Waals surface area (Å²) in [5, 5.41) is 1.10. The summed E-state index contributed by atoms with van der Waals surface area (Å²) in [4.78, 5) is 0. The van der Waals surface area contributed by atoms with Crippen molar-refractivity contribution in [3.8, 4) is 0 Å². The number of rotatable bonds is 7. The minimum atomic E-state index is -3.08. The molecule has 2 aromatic carbocycles. The lowest BCUT2D eigenvalue weighted by Gasteiger charge is -2.19. The van der Waals surface area contributed by atoms with Crippen LogP contribution in [0.5, 0.6) is 0 Å². The quantitative estimate of drug-likeness (QED) is 0.726. The molecule has 2 aromatic rings. The van der Waals surface area contributed by atoms with E-state index < -0.39 is 7.37 Å². The molecule has 21 heavy (non-hydrogen) atoms. The molecule has 4 heteroatoms. The Balaban J connectivity index is 2.00. The lowest BCUT2D eigenvalue weighted by atomic mass is 10.2. The number of hydrogen-bond donors (Lipinski definition) is 0. The lowest BCUT2D eigenvalue weighted by Crippen LogP contribution is -2.10. The van der Waals surface area contributed by atoms with Crippen LogP contribution in [0.1, 0.15) is 5.56 Å². The van der Waals surface area contributed by atoms with E-state index in [1.54, 1.807) is 12.1 Å². The first-order valence-electron chi connectivity index (χ1n) is 6.68. The molecule has 110 valence electrons. The van der Waals surface area contributed by atoms with E-state index in [2.05, 4.69) is 6.58 Å². The van der Waals surface area contributed by atoms with Gasteiger partial charge in [0.05, 0.1) is 13.2 Å². The molecule has 0 saturated heterocycles. The van der Waals surface area contributed by atoms with E-state index in [-0.39, 0.29) is 6.61 Å². The van der Waals surface area contributed by atoms with E-state index in [0.29, 0.717) is 17.2 Å². The van der Waals surface area contributed by atoms with Gasteiger partial charge in [0, 0.05) is 17.7 Å². The van der Waals surface area contributed by atoms with Crippen LogP contribution in [0.25, 0.3) is 0 Å². The Morgan fingerprint density at radius 3 is 2.19 bits per heavy atom. The van der Waals surface area contributed by atoms with Crippen molar-refractivity contribution < 1.29 is 13.8 Å². The minimum absolute atomic E-state index is 0.203. The zero-order valence-electron chi connectivity index (χ0n) is 12.1. The molecule has 0 aliphatic carbocycles. The fourth-order valence-electron chi connectivity index (χ4n) is 1.99. The van der Waals surface area contributed by atoms with Gasteiger partial charge in [0.25, 0.3) is 7.37 Å². The van der Waals surface area contributed by atoms with Gasteiger partial charge in [0.2, 0.25) is 0 Å². The Morgan fingerprint density at radius 1 is 1.05 bits per heavy atom. The second-order valence-electron chi connectivity index (χ2n) is 4.61. The summed E-state index contributed by atoms with van der Waals surface area (Å²) in [5.74, 6) is 0. The van der Waals surface area contributed by atoms with E-state index in [1.165, 1.54) is 7.11 Å². The summed E-state index contributed by atoms with van der Waals surface area (Å²) in [7, 11) is -1.64.